The fourth-order valence-corrected chi connectivity index (χ4v) is 2.68. The largest absolute Gasteiger partial charge is 0.384 e. The number of likely N-dealkylation sites (tertiary alicyclic amines) is 1. The summed E-state index contributed by atoms with van der Waals surface area (Å²) in [6.45, 7) is 3.84. The molecule has 1 heterocycles. The highest BCUT2D eigenvalue weighted by atomic mass is 16.3. The Morgan fingerprint density at radius 3 is 2.80 bits per heavy atom. The Morgan fingerprint density at radius 1 is 1.45 bits per heavy atom. The summed E-state index contributed by atoms with van der Waals surface area (Å²) < 4.78 is 0. The molecule has 110 valence electrons. The van der Waals surface area contributed by atoms with Gasteiger partial charge in [-0.2, -0.15) is 0 Å². The minimum Gasteiger partial charge on any atom is -0.384 e. The van der Waals surface area contributed by atoms with Gasteiger partial charge in [0.15, 0.2) is 0 Å². The van der Waals surface area contributed by atoms with Gasteiger partial charge in [-0.05, 0) is 38.9 Å². The Labute approximate surface area is 120 Å². The number of nitrogens with zero attached hydrogens (tertiary/aromatic N) is 1. The quantitative estimate of drug-likeness (QED) is 0.873. The van der Waals surface area contributed by atoms with Gasteiger partial charge in [-0.15, -0.1) is 0 Å². The first-order valence-electron chi connectivity index (χ1n) is 7.23. The van der Waals surface area contributed by atoms with E-state index in [9.17, 15) is 9.90 Å². The number of rotatable bonds is 4. The van der Waals surface area contributed by atoms with Crippen molar-refractivity contribution in [2.45, 2.75) is 25.4 Å². The van der Waals surface area contributed by atoms with Crippen molar-refractivity contribution >= 4 is 5.91 Å². The summed E-state index contributed by atoms with van der Waals surface area (Å²) in [5, 5.41) is 13.4. The first kappa shape index (κ1) is 15.0. The Morgan fingerprint density at radius 2 is 2.15 bits per heavy atom. The van der Waals surface area contributed by atoms with Crippen LogP contribution in [0.3, 0.4) is 0 Å². The molecular formula is C16H24N2O2. The lowest BCUT2D eigenvalue weighted by molar-refractivity contribution is -0.127. The molecule has 1 saturated heterocycles. The van der Waals surface area contributed by atoms with Gasteiger partial charge in [0.25, 0.3) is 0 Å². The lowest BCUT2D eigenvalue weighted by Gasteiger charge is -2.30. The van der Waals surface area contributed by atoms with Crippen molar-refractivity contribution in [3.63, 3.8) is 0 Å². The van der Waals surface area contributed by atoms with Crippen LogP contribution in [0.2, 0.25) is 0 Å². The van der Waals surface area contributed by atoms with E-state index in [0.29, 0.717) is 0 Å². The van der Waals surface area contributed by atoms with E-state index in [-0.39, 0.29) is 18.4 Å². The maximum Gasteiger partial charge on any atom is 0.224 e. The van der Waals surface area contributed by atoms with Gasteiger partial charge in [0, 0.05) is 6.54 Å². The van der Waals surface area contributed by atoms with Crippen LogP contribution < -0.4 is 5.32 Å². The van der Waals surface area contributed by atoms with Gasteiger partial charge in [0.1, 0.15) is 5.60 Å². The second-order valence-electron chi connectivity index (χ2n) is 5.96. The second-order valence-corrected chi connectivity index (χ2v) is 5.96. The molecule has 0 aliphatic carbocycles. The molecule has 2 rings (SSSR count). The van der Waals surface area contributed by atoms with Gasteiger partial charge in [-0.1, -0.05) is 30.3 Å². The molecule has 2 unspecified atom stereocenters. The Hall–Kier alpha value is -1.39. The molecule has 0 saturated carbocycles. The van der Waals surface area contributed by atoms with Crippen molar-refractivity contribution in [2.75, 3.05) is 26.7 Å². The number of nitrogens with one attached hydrogen (secondary N) is 1. The molecule has 4 nitrogen and oxygen atoms in total. The Kier molecular flexibility index (Phi) is 4.78. The summed E-state index contributed by atoms with van der Waals surface area (Å²) in [7, 11) is 2.04. The van der Waals surface area contributed by atoms with E-state index in [4.69, 9.17) is 0 Å². The number of piperidine rings is 1. The molecule has 1 aromatic carbocycles. The highest BCUT2D eigenvalue weighted by Crippen LogP contribution is 2.20. The molecule has 1 aliphatic rings. The van der Waals surface area contributed by atoms with E-state index in [1.165, 1.54) is 0 Å². The Balaban J connectivity index is 1.89. The first-order chi connectivity index (χ1) is 9.49. The topological polar surface area (TPSA) is 52.6 Å². The number of amides is 1. The van der Waals surface area contributed by atoms with Crippen molar-refractivity contribution in [2.24, 2.45) is 5.92 Å². The molecule has 1 aromatic rings. The van der Waals surface area contributed by atoms with Gasteiger partial charge in [0.05, 0.1) is 12.5 Å². The molecule has 1 amide bonds. The molecule has 0 aromatic heterocycles. The van der Waals surface area contributed by atoms with Crippen LogP contribution in [-0.4, -0.2) is 42.6 Å². The molecular weight excluding hydrogens is 252 g/mol. The van der Waals surface area contributed by atoms with Gasteiger partial charge in [0.2, 0.25) is 5.91 Å². The van der Waals surface area contributed by atoms with E-state index in [1.54, 1.807) is 6.92 Å². The summed E-state index contributed by atoms with van der Waals surface area (Å²) in [6.07, 6.45) is 1.99. The minimum absolute atomic E-state index is 0.0420. The fourth-order valence-electron chi connectivity index (χ4n) is 2.68. The highest BCUT2D eigenvalue weighted by molar-refractivity contribution is 5.79. The molecule has 0 radical (unpaired) electrons. The molecule has 1 aliphatic heterocycles. The van der Waals surface area contributed by atoms with Crippen molar-refractivity contribution in [3.05, 3.63) is 35.9 Å². The number of carbonyl (C=O) groups is 1. The standard InChI is InChI=1S/C16H24N2O2/c1-16(20,14-8-4-3-5-9-14)12-17-15(19)13-7-6-10-18(2)11-13/h3-5,8-9,13,20H,6-7,10-12H2,1-2H3,(H,17,19). The van der Waals surface area contributed by atoms with Crippen molar-refractivity contribution in [3.8, 4) is 0 Å². The van der Waals surface area contributed by atoms with Crippen molar-refractivity contribution < 1.29 is 9.90 Å². The molecule has 2 atom stereocenters. The minimum atomic E-state index is -1.03. The average molecular weight is 276 g/mol. The number of aliphatic hydroxyl groups is 1. The maximum atomic E-state index is 12.2. The molecule has 2 N–H and O–H groups in total. The number of hydrogen-bond acceptors (Lipinski definition) is 3. The number of carbonyl (C=O) groups excluding carboxylic acids is 1. The average Bonchev–Trinajstić information content (AvgIpc) is 2.46. The van der Waals surface area contributed by atoms with Gasteiger partial charge < -0.3 is 15.3 Å². The van der Waals surface area contributed by atoms with Crippen LogP contribution in [0.4, 0.5) is 0 Å². The molecule has 1 fully saturated rings. The summed E-state index contributed by atoms with van der Waals surface area (Å²) in [4.78, 5) is 14.4. The third kappa shape index (κ3) is 3.81. The first-order valence-corrected chi connectivity index (χ1v) is 7.23. The lowest BCUT2D eigenvalue weighted by Crippen LogP contribution is -2.45. The van der Waals surface area contributed by atoms with Gasteiger partial charge in [-0.25, -0.2) is 0 Å². The van der Waals surface area contributed by atoms with Gasteiger partial charge in [-0.3, -0.25) is 4.79 Å². The smallest absolute Gasteiger partial charge is 0.224 e. The Bertz CT molecular complexity index is 445. The SMILES string of the molecule is CN1CCCC(C(=O)NCC(C)(O)c2ccccc2)C1. The van der Waals surface area contributed by atoms with Crippen LogP contribution >= 0.6 is 0 Å². The zero-order chi connectivity index (χ0) is 14.6. The summed E-state index contributed by atoms with van der Waals surface area (Å²) in [6, 6.07) is 9.44. The van der Waals surface area contributed by atoms with E-state index in [1.807, 2.05) is 37.4 Å². The second kappa shape index (κ2) is 6.37. The van der Waals surface area contributed by atoms with E-state index in [0.717, 1.165) is 31.5 Å². The van der Waals surface area contributed by atoms with Crippen LogP contribution in [0.1, 0.15) is 25.3 Å². The summed E-state index contributed by atoms with van der Waals surface area (Å²) >= 11 is 0. The predicted octanol–water partition coefficient (Wildman–Crippen LogP) is 1.35. The molecule has 0 spiro atoms. The number of hydrogen-bond donors (Lipinski definition) is 2. The monoisotopic (exact) mass is 276 g/mol. The highest BCUT2D eigenvalue weighted by Gasteiger charge is 2.27. The van der Waals surface area contributed by atoms with Crippen LogP contribution in [0, 0.1) is 5.92 Å². The summed E-state index contributed by atoms with van der Waals surface area (Å²) in [5.74, 6) is 0.0908. The normalized spacial score (nSPS) is 23.1. The summed E-state index contributed by atoms with van der Waals surface area (Å²) in [5.41, 5.74) is -0.210. The zero-order valence-electron chi connectivity index (χ0n) is 12.3. The molecule has 20 heavy (non-hydrogen) atoms. The van der Waals surface area contributed by atoms with Crippen LogP contribution in [-0.2, 0) is 10.4 Å². The third-order valence-corrected chi connectivity index (χ3v) is 4.00. The van der Waals surface area contributed by atoms with Crippen LogP contribution in [0.5, 0.6) is 0 Å². The fraction of sp³-hybridized carbons (Fsp3) is 0.562. The van der Waals surface area contributed by atoms with Gasteiger partial charge >= 0.3 is 0 Å². The van der Waals surface area contributed by atoms with E-state index >= 15 is 0 Å². The van der Waals surface area contributed by atoms with Crippen LogP contribution in [0.25, 0.3) is 0 Å². The third-order valence-electron chi connectivity index (χ3n) is 4.00. The maximum absolute atomic E-state index is 12.2. The predicted molar refractivity (Wildman–Crippen MR) is 79.2 cm³/mol. The van der Waals surface area contributed by atoms with Crippen LogP contribution in [0.15, 0.2) is 30.3 Å². The lowest BCUT2D eigenvalue weighted by atomic mass is 9.94. The van der Waals surface area contributed by atoms with E-state index in [2.05, 4.69) is 10.2 Å². The number of benzene rings is 1. The van der Waals surface area contributed by atoms with E-state index < -0.39 is 5.60 Å². The molecule has 4 heteroatoms. The zero-order valence-corrected chi connectivity index (χ0v) is 12.3. The van der Waals surface area contributed by atoms with Crippen molar-refractivity contribution in [1.29, 1.82) is 0 Å². The molecule has 0 bridgehead atoms. The van der Waals surface area contributed by atoms with Crippen molar-refractivity contribution in [1.82, 2.24) is 10.2 Å².